The Balaban J connectivity index is 1.55. The number of aliphatic carboxylic acids is 1. The second-order valence-electron chi connectivity index (χ2n) is 7.16. The number of alkyl halides is 3. The van der Waals surface area contributed by atoms with Gasteiger partial charge in [0.25, 0.3) is 0 Å². The summed E-state index contributed by atoms with van der Waals surface area (Å²) in [5.74, 6) is -1.47. The predicted octanol–water partition coefficient (Wildman–Crippen LogP) is 2.98. The first-order chi connectivity index (χ1) is 12.8. The second-order valence-corrected chi connectivity index (χ2v) is 7.16. The van der Waals surface area contributed by atoms with Gasteiger partial charge in [-0.05, 0) is 36.8 Å². The number of benzene rings is 1. The first-order valence-corrected chi connectivity index (χ1v) is 9.04. The number of hydrogen-bond donors (Lipinski definition) is 1. The highest BCUT2D eigenvalue weighted by Gasteiger charge is 2.40. The van der Waals surface area contributed by atoms with Gasteiger partial charge in [0, 0.05) is 19.7 Å². The van der Waals surface area contributed by atoms with Crippen molar-refractivity contribution >= 4 is 11.9 Å². The Labute approximate surface area is 155 Å². The molecule has 3 rings (SSSR count). The zero-order valence-electron chi connectivity index (χ0n) is 14.7. The normalized spacial score (nSPS) is 24.2. The molecular weight excluding hydrogens is 363 g/mol. The number of piperidine rings is 1. The number of rotatable bonds is 4. The van der Waals surface area contributed by atoms with Crippen LogP contribution in [0.4, 0.5) is 13.2 Å². The van der Waals surface area contributed by atoms with E-state index in [0.29, 0.717) is 44.5 Å². The largest absolute Gasteiger partial charge is 0.481 e. The number of carboxylic acid groups (broad SMARTS) is 1. The fraction of sp³-hybridized carbons (Fsp3) is 0.579. The summed E-state index contributed by atoms with van der Waals surface area (Å²) >= 11 is 0. The van der Waals surface area contributed by atoms with Gasteiger partial charge in [-0.2, -0.15) is 13.2 Å². The molecule has 27 heavy (non-hydrogen) atoms. The molecule has 5 nitrogen and oxygen atoms in total. The number of carboxylic acids is 1. The van der Waals surface area contributed by atoms with Crippen LogP contribution in [0.5, 0.6) is 0 Å². The molecule has 2 saturated heterocycles. The van der Waals surface area contributed by atoms with Crippen LogP contribution in [0.3, 0.4) is 0 Å². The van der Waals surface area contributed by atoms with Gasteiger partial charge >= 0.3 is 12.1 Å². The van der Waals surface area contributed by atoms with E-state index in [1.165, 1.54) is 12.1 Å². The van der Waals surface area contributed by atoms with Gasteiger partial charge in [0.2, 0.25) is 5.91 Å². The first-order valence-electron chi connectivity index (χ1n) is 9.04. The van der Waals surface area contributed by atoms with E-state index in [0.717, 1.165) is 12.1 Å². The van der Waals surface area contributed by atoms with Crippen molar-refractivity contribution in [2.45, 2.75) is 38.0 Å². The third-order valence-electron chi connectivity index (χ3n) is 5.42. The van der Waals surface area contributed by atoms with E-state index >= 15 is 0 Å². The molecule has 0 aliphatic carbocycles. The lowest BCUT2D eigenvalue weighted by Crippen LogP contribution is -2.43. The van der Waals surface area contributed by atoms with Crippen LogP contribution in [-0.4, -0.2) is 47.7 Å². The van der Waals surface area contributed by atoms with Gasteiger partial charge in [0.05, 0.1) is 24.0 Å². The fourth-order valence-corrected chi connectivity index (χ4v) is 3.96. The third-order valence-corrected chi connectivity index (χ3v) is 5.42. The molecule has 0 spiro atoms. The van der Waals surface area contributed by atoms with Gasteiger partial charge in [0.15, 0.2) is 0 Å². The molecule has 0 bridgehead atoms. The molecule has 0 saturated carbocycles. The molecule has 148 valence electrons. The summed E-state index contributed by atoms with van der Waals surface area (Å²) in [4.78, 5) is 25.4. The molecular formula is C19H22F3NO4. The first kappa shape index (κ1) is 19.7. The van der Waals surface area contributed by atoms with Crippen LogP contribution in [0.25, 0.3) is 0 Å². The van der Waals surface area contributed by atoms with Gasteiger partial charge < -0.3 is 14.7 Å². The summed E-state index contributed by atoms with van der Waals surface area (Å²) in [7, 11) is 0. The Bertz CT molecular complexity index is 698. The standard InChI is InChI=1S/C19H22F3NO4/c20-19(21,22)14-3-1-2-12(10-14)11-16(24)23-7-4-13(5-8-23)17-15(18(25)26)6-9-27-17/h1-3,10,13,15,17H,4-9,11H2,(H,25,26)/t15?,17-/m0/s1. The van der Waals surface area contributed by atoms with Crippen LogP contribution < -0.4 is 0 Å². The highest BCUT2D eigenvalue weighted by Crippen LogP contribution is 2.33. The lowest BCUT2D eigenvalue weighted by Gasteiger charge is -2.35. The van der Waals surface area contributed by atoms with Gasteiger partial charge in [0.1, 0.15) is 0 Å². The third kappa shape index (κ3) is 4.61. The lowest BCUT2D eigenvalue weighted by atomic mass is 9.84. The number of nitrogens with zero attached hydrogens (tertiary/aromatic N) is 1. The van der Waals surface area contributed by atoms with Crippen molar-refractivity contribution in [2.75, 3.05) is 19.7 Å². The average Bonchev–Trinajstić information content (AvgIpc) is 3.11. The van der Waals surface area contributed by atoms with Crippen molar-refractivity contribution in [2.24, 2.45) is 11.8 Å². The molecule has 2 atom stereocenters. The van der Waals surface area contributed by atoms with Crippen molar-refractivity contribution in [1.82, 2.24) is 4.90 Å². The number of halogens is 3. The van der Waals surface area contributed by atoms with E-state index in [4.69, 9.17) is 4.74 Å². The zero-order chi connectivity index (χ0) is 19.6. The van der Waals surface area contributed by atoms with Gasteiger partial charge in [-0.1, -0.05) is 18.2 Å². The van der Waals surface area contributed by atoms with Crippen LogP contribution in [0.15, 0.2) is 24.3 Å². The van der Waals surface area contributed by atoms with Crippen molar-refractivity contribution in [3.63, 3.8) is 0 Å². The summed E-state index contributed by atoms with van der Waals surface area (Å²) in [6.45, 7) is 1.37. The molecule has 1 aromatic rings. The Morgan fingerprint density at radius 3 is 2.52 bits per heavy atom. The maximum absolute atomic E-state index is 12.8. The summed E-state index contributed by atoms with van der Waals surface area (Å²) in [6.07, 6.45) is -3.03. The van der Waals surface area contributed by atoms with Crippen molar-refractivity contribution in [3.05, 3.63) is 35.4 Å². The number of hydrogen-bond acceptors (Lipinski definition) is 3. The average molecular weight is 385 g/mol. The topological polar surface area (TPSA) is 66.8 Å². The predicted molar refractivity (Wildman–Crippen MR) is 89.9 cm³/mol. The Morgan fingerprint density at radius 1 is 1.19 bits per heavy atom. The van der Waals surface area contributed by atoms with Crippen molar-refractivity contribution in [3.8, 4) is 0 Å². The van der Waals surface area contributed by atoms with Crippen LogP contribution in [0.2, 0.25) is 0 Å². The van der Waals surface area contributed by atoms with E-state index in [2.05, 4.69) is 0 Å². The molecule has 2 aliphatic rings. The lowest BCUT2D eigenvalue weighted by molar-refractivity contribution is -0.146. The minimum Gasteiger partial charge on any atom is -0.481 e. The quantitative estimate of drug-likeness (QED) is 0.865. The maximum atomic E-state index is 12.8. The number of carbonyl (C=O) groups excluding carboxylic acids is 1. The fourth-order valence-electron chi connectivity index (χ4n) is 3.96. The van der Waals surface area contributed by atoms with Crippen molar-refractivity contribution < 1.29 is 32.6 Å². The minimum atomic E-state index is -4.43. The van der Waals surface area contributed by atoms with Crippen molar-refractivity contribution in [1.29, 1.82) is 0 Å². The molecule has 2 fully saturated rings. The minimum absolute atomic E-state index is 0.0771. The zero-order valence-corrected chi connectivity index (χ0v) is 14.7. The molecule has 2 aliphatic heterocycles. The molecule has 1 unspecified atom stereocenters. The van der Waals surface area contributed by atoms with E-state index in [1.54, 1.807) is 4.90 Å². The van der Waals surface area contributed by atoms with E-state index in [9.17, 15) is 27.9 Å². The van der Waals surface area contributed by atoms with E-state index < -0.39 is 23.6 Å². The van der Waals surface area contributed by atoms with Crippen LogP contribution in [0.1, 0.15) is 30.4 Å². The summed E-state index contributed by atoms with van der Waals surface area (Å²) in [5, 5.41) is 9.27. The Morgan fingerprint density at radius 2 is 1.89 bits per heavy atom. The molecule has 0 aromatic heterocycles. The maximum Gasteiger partial charge on any atom is 0.416 e. The Kier molecular flexibility index (Phi) is 5.74. The molecule has 2 heterocycles. The van der Waals surface area contributed by atoms with E-state index in [1.807, 2.05) is 0 Å². The summed E-state index contributed by atoms with van der Waals surface area (Å²) in [5.41, 5.74) is -0.424. The molecule has 8 heteroatoms. The van der Waals surface area contributed by atoms with Crippen LogP contribution in [-0.2, 0) is 26.9 Å². The van der Waals surface area contributed by atoms with Crippen LogP contribution >= 0.6 is 0 Å². The number of amides is 1. The second kappa shape index (κ2) is 7.88. The SMILES string of the molecule is O=C(O)C1CCO[C@H]1C1CCN(C(=O)Cc2cccc(C(F)(F)F)c2)CC1. The van der Waals surface area contributed by atoms with Gasteiger partial charge in [-0.3, -0.25) is 9.59 Å². The monoisotopic (exact) mass is 385 g/mol. The van der Waals surface area contributed by atoms with Gasteiger partial charge in [-0.15, -0.1) is 0 Å². The molecule has 0 radical (unpaired) electrons. The molecule has 1 amide bonds. The number of ether oxygens (including phenoxy) is 1. The van der Waals surface area contributed by atoms with Gasteiger partial charge in [-0.25, -0.2) is 0 Å². The molecule has 1 aromatic carbocycles. The Hall–Kier alpha value is -2.09. The number of carbonyl (C=O) groups is 2. The smallest absolute Gasteiger partial charge is 0.416 e. The molecule has 1 N–H and O–H groups in total. The summed E-state index contributed by atoms with van der Waals surface area (Å²) in [6, 6.07) is 4.82. The highest BCUT2D eigenvalue weighted by molar-refractivity contribution is 5.79. The van der Waals surface area contributed by atoms with Crippen LogP contribution in [0, 0.1) is 11.8 Å². The van der Waals surface area contributed by atoms with E-state index in [-0.39, 0.29) is 24.3 Å². The number of likely N-dealkylation sites (tertiary alicyclic amines) is 1. The highest BCUT2D eigenvalue weighted by atomic mass is 19.4. The summed E-state index contributed by atoms with van der Waals surface area (Å²) < 4.78 is 44.0.